The minimum atomic E-state index is 0.150. The van der Waals surface area contributed by atoms with E-state index in [1.807, 2.05) is 37.2 Å². The molecule has 2 nitrogen and oxygen atoms in total. The molecule has 13 heavy (non-hydrogen) atoms. The Balaban J connectivity index is 2.75. The quantitative estimate of drug-likeness (QED) is 0.546. The van der Waals surface area contributed by atoms with Crippen LogP contribution in [0.4, 0.5) is 0 Å². The van der Waals surface area contributed by atoms with Gasteiger partial charge in [0.05, 0.1) is 0 Å². The number of nitrogens with zero attached hydrogens (tertiary/aromatic N) is 1. The molecule has 0 radical (unpaired) electrons. The van der Waals surface area contributed by atoms with E-state index in [0.717, 1.165) is 3.89 Å². The van der Waals surface area contributed by atoms with Crippen molar-refractivity contribution in [3.63, 3.8) is 0 Å². The molecule has 0 aliphatic carbocycles. The molecule has 1 aromatic rings. The van der Waals surface area contributed by atoms with Gasteiger partial charge in [0.2, 0.25) is 0 Å². The molecule has 0 fully saturated rings. The van der Waals surface area contributed by atoms with Crippen LogP contribution in [-0.4, -0.2) is 42.0 Å². The van der Waals surface area contributed by atoms with E-state index in [4.69, 9.17) is 0 Å². The van der Waals surface area contributed by atoms with Gasteiger partial charge in [-0.05, 0) is 0 Å². The topological polar surface area (TPSA) is 20.3 Å². The predicted molar refractivity (Wildman–Crippen MR) is 58.7 cm³/mol. The summed E-state index contributed by atoms with van der Waals surface area (Å²) in [4.78, 5) is 1.89. The van der Waals surface area contributed by atoms with Crippen LogP contribution < -0.4 is 4.46 Å². The minimum absolute atomic E-state index is 0.150. The van der Waals surface area contributed by atoms with Crippen LogP contribution >= 0.6 is 0 Å². The van der Waals surface area contributed by atoms with Crippen molar-refractivity contribution in [3.05, 3.63) is 30.3 Å². The standard InChI is InChI=1S/C9H11NOSSe/c1-10(2)9(12-11)13-8-6-4-3-5-7-8/h3-7H,1-2H3. The third-order valence-electron chi connectivity index (χ3n) is 1.38. The van der Waals surface area contributed by atoms with Crippen LogP contribution in [0.5, 0.6) is 0 Å². The average molecular weight is 260 g/mol. The molecule has 70 valence electrons. The van der Waals surface area contributed by atoms with Crippen molar-refractivity contribution in [1.82, 2.24) is 4.90 Å². The summed E-state index contributed by atoms with van der Waals surface area (Å²) in [6.45, 7) is 0. The number of hydrogen-bond donors (Lipinski definition) is 0. The van der Waals surface area contributed by atoms with Crippen molar-refractivity contribution in [2.24, 2.45) is 0 Å². The van der Waals surface area contributed by atoms with E-state index in [9.17, 15) is 4.21 Å². The molecule has 0 atom stereocenters. The van der Waals surface area contributed by atoms with Gasteiger partial charge >= 0.3 is 88.1 Å². The summed E-state index contributed by atoms with van der Waals surface area (Å²) in [5, 5.41) is 0. The second-order valence-corrected chi connectivity index (χ2v) is 6.02. The molecule has 1 aromatic carbocycles. The van der Waals surface area contributed by atoms with Gasteiger partial charge in [-0.25, -0.2) is 0 Å². The Morgan fingerprint density at radius 3 is 2.38 bits per heavy atom. The fraction of sp³-hybridized carbons (Fsp3) is 0.222. The Kier molecular flexibility index (Phi) is 4.39. The Labute approximate surface area is 88.2 Å². The van der Waals surface area contributed by atoms with E-state index < -0.39 is 0 Å². The zero-order chi connectivity index (χ0) is 9.68. The van der Waals surface area contributed by atoms with Crippen molar-refractivity contribution < 1.29 is 4.21 Å². The van der Waals surface area contributed by atoms with Crippen LogP contribution in [0.1, 0.15) is 0 Å². The molecular weight excluding hydrogens is 249 g/mol. The van der Waals surface area contributed by atoms with Crippen LogP contribution in [0, 0.1) is 0 Å². The Hall–Kier alpha value is -0.411. The molecule has 0 spiro atoms. The van der Waals surface area contributed by atoms with E-state index in [1.54, 1.807) is 0 Å². The van der Waals surface area contributed by atoms with E-state index in [1.165, 1.54) is 4.46 Å². The van der Waals surface area contributed by atoms with Crippen LogP contribution in [0.2, 0.25) is 0 Å². The summed E-state index contributed by atoms with van der Waals surface area (Å²) in [7, 11) is 3.82. The number of hydrogen-bond acceptors (Lipinski definition) is 1. The van der Waals surface area contributed by atoms with Crippen LogP contribution in [0.15, 0.2) is 30.3 Å². The average Bonchev–Trinajstić information content (AvgIpc) is 2.15. The van der Waals surface area contributed by atoms with Gasteiger partial charge in [-0.2, -0.15) is 0 Å². The molecule has 0 aliphatic rings. The van der Waals surface area contributed by atoms with Gasteiger partial charge < -0.3 is 0 Å². The first-order valence-electron chi connectivity index (χ1n) is 3.81. The predicted octanol–water partition coefficient (Wildman–Crippen LogP) is -0.122. The summed E-state index contributed by atoms with van der Waals surface area (Å²) in [6, 6.07) is 10.1. The maximum absolute atomic E-state index is 10.7. The molecule has 0 bridgehead atoms. The summed E-state index contributed by atoms with van der Waals surface area (Å²) < 4.78 is 12.9. The first kappa shape index (κ1) is 10.7. The molecule has 0 N–H and O–H groups in total. The van der Waals surface area contributed by atoms with Gasteiger partial charge in [0.25, 0.3) is 0 Å². The third kappa shape index (κ3) is 3.44. The second-order valence-electron chi connectivity index (χ2n) is 2.66. The molecule has 0 aromatic heterocycles. The Morgan fingerprint density at radius 1 is 1.31 bits per heavy atom. The molecule has 4 heteroatoms. The monoisotopic (exact) mass is 261 g/mol. The van der Waals surface area contributed by atoms with Crippen LogP contribution in [0.3, 0.4) is 0 Å². The van der Waals surface area contributed by atoms with Crippen molar-refractivity contribution in [3.8, 4) is 0 Å². The van der Waals surface area contributed by atoms with E-state index in [-0.39, 0.29) is 15.0 Å². The first-order chi connectivity index (χ1) is 6.24. The van der Waals surface area contributed by atoms with E-state index in [2.05, 4.69) is 12.1 Å². The van der Waals surface area contributed by atoms with Crippen LogP contribution in [-0.2, 0) is 11.3 Å². The zero-order valence-corrected chi connectivity index (χ0v) is 10.1. The summed E-state index contributed by atoms with van der Waals surface area (Å²) in [5.41, 5.74) is 0. The molecule has 0 unspecified atom stereocenters. The van der Waals surface area contributed by atoms with E-state index in [0.29, 0.717) is 11.3 Å². The fourth-order valence-corrected chi connectivity index (χ4v) is 3.09. The zero-order valence-electron chi connectivity index (χ0n) is 7.56. The van der Waals surface area contributed by atoms with Gasteiger partial charge in [-0.1, -0.05) is 0 Å². The van der Waals surface area contributed by atoms with Gasteiger partial charge in [0.15, 0.2) is 0 Å². The van der Waals surface area contributed by atoms with Crippen molar-refractivity contribution in [1.29, 1.82) is 0 Å². The SMILES string of the molecule is CN(C)C(=S=O)[Se]c1ccccc1. The van der Waals surface area contributed by atoms with Crippen molar-refractivity contribution in [2.75, 3.05) is 14.1 Å². The molecule has 0 saturated carbocycles. The second kappa shape index (κ2) is 5.35. The van der Waals surface area contributed by atoms with E-state index >= 15 is 0 Å². The van der Waals surface area contributed by atoms with Gasteiger partial charge in [-0.15, -0.1) is 0 Å². The van der Waals surface area contributed by atoms with Gasteiger partial charge in [-0.3, -0.25) is 0 Å². The van der Waals surface area contributed by atoms with Crippen LogP contribution in [0.25, 0.3) is 0 Å². The first-order valence-corrected chi connectivity index (χ1v) is 6.26. The number of benzene rings is 1. The summed E-state index contributed by atoms with van der Waals surface area (Å²) >= 11 is 0.743. The molecule has 0 saturated heterocycles. The molecule has 0 amide bonds. The molecule has 0 aliphatic heterocycles. The summed E-state index contributed by atoms with van der Waals surface area (Å²) in [5.74, 6) is 0. The maximum atomic E-state index is 10.7. The van der Waals surface area contributed by atoms with Gasteiger partial charge in [0, 0.05) is 0 Å². The van der Waals surface area contributed by atoms with Crippen molar-refractivity contribution in [2.45, 2.75) is 0 Å². The molecule has 0 heterocycles. The molecular formula is C9H11NOSSe. The van der Waals surface area contributed by atoms with Crippen molar-refractivity contribution >= 4 is 34.6 Å². The normalized spacial score (nSPS) is 10.1. The number of rotatable bonds is 2. The fourth-order valence-electron chi connectivity index (χ4n) is 0.772. The van der Waals surface area contributed by atoms with Gasteiger partial charge in [0.1, 0.15) is 0 Å². The molecule has 1 rings (SSSR count). The third-order valence-corrected chi connectivity index (χ3v) is 4.95. The Morgan fingerprint density at radius 2 is 1.92 bits per heavy atom. The Bertz CT molecular complexity index is 320. The summed E-state index contributed by atoms with van der Waals surface area (Å²) in [6.07, 6.45) is 0.